The molecule has 0 spiro atoms. The molecule has 2 nitrogen and oxygen atoms in total. The first kappa shape index (κ1) is 18.0. The molecule has 1 rings (SSSR count). The van der Waals surface area contributed by atoms with E-state index in [2.05, 4.69) is 31.0 Å². The van der Waals surface area contributed by atoms with Crippen LogP contribution < -0.4 is 11.1 Å². The smallest absolute Gasteiger partial charge is 0.0139 e. The summed E-state index contributed by atoms with van der Waals surface area (Å²) in [5, 5.41) is 3.58. The molecule has 0 aromatic heterocycles. The molecule has 1 fully saturated rings. The van der Waals surface area contributed by atoms with Crippen molar-refractivity contribution in [1.82, 2.24) is 5.32 Å². The van der Waals surface area contributed by atoms with E-state index in [-0.39, 0.29) is 0 Å². The summed E-state index contributed by atoms with van der Waals surface area (Å²) in [4.78, 5) is 0. The van der Waals surface area contributed by atoms with Gasteiger partial charge in [-0.15, -0.1) is 0 Å². The van der Waals surface area contributed by atoms with Crippen LogP contribution in [0, 0.1) is 0 Å². The molecule has 0 saturated heterocycles. The highest BCUT2D eigenvalue weighted by Gasteiger charge is 2.10. The average Bonchev–Trinajstić information content (AvgIpc) is 2.35. The first-order valence-electron chi connectivity index (χ1n) is 6.73. The topological polar surface area (TPSA) is 38.0 Å². The van der Waals surface area contributed by atoms with Gasteiger partial charge in [-0.1, -0.05) is 44.8 Å². The predicted octanol–water partition coefficient (Wildman–Crippen LogP) is 3.48. The lowest BCUT2D eigenvalue weighted by Gasteiger charge is -2.22. The minimum atomic E-state index is 0.800. The molecular weight excluding hydrogens is 196 g/mol. The van der Waals surface area contributed by atoms with Crippen LogP contribution in [0.15, 0.2) is 11.6 Å². The van der Waals surface area contributed by atoms with Gasteiger partial charge in [0.15, 0.2) is 0 Å². The maximum Gasteiger partial charge on any atom is 0.0139 e. The molecule has 0 atom stereocenters. The van der Waals surface area contributed by atoms with Gasteiger partial charge in [-0.2, -0.15) is 0 Å². The number of hydrogen-bond acceptors (Lipinski definition) is 2. The Bertz CT molecular complexity index is 143. The second kappa shape index (κ2) is 14.7. The molecule has 0 aromatic rings. The Labute approximate surface area is 103 Å². The van der Waals surface area contributed by atoms with Crippen LogP contribution in [-0.2, 0) is 0 Å². The Morgan fingerprint density at radius 2 is 1.62 bits per heavy atom. The molecule has 0 aliphatic heterocycles. The molecule has 0 amide bonds. The molecule has 2 heteroatoms. The van der Waals surface area contributed by atoms with Crippen molar-refractivity contribution < 1.29 is 0 Å². The van der Waals surface area contributed by atoms with Gasteiger partial charge in [-0.25, -0.2) is 0 Å². The van der Waals surface area contributed by atoms with E-state index in [1.165, 1.54) is 44.7 Å². The fraction of sp³-hybridized carbons (Fsp3) is 0.857. The van der Waals surface area contributed by atoms with Crippen molar-refractivity contribution in [3.63, 3.8) is 0 Å². The maximum atomic E-state index is 4.50. The van der Waals surface area contributed by atoms with E-state index < -0.39 is 0 Å². The third kappa shape index (κ3) is 11.7. The van der Waals surface area contributed by atoms with E-state index in [0.717, 1.165) is 12.6 Å². The van der Waals surface area contributed by atoms with Gasteiger partial charge in [0, 0.05) is 12.6 Å². The van der Waals surface area contributed by atoms with Gasteiger partial charge in [0.05, 0.1) is 0 Å². The molecular formula is C14H32N2. The standard InChI is InChI=1S/C11H21N.C2H6.CH5N/c1-10(2)8-9-12-11-6-4-3-5-7-11;2*1-2/h8,11-12H,3-7,9H2,1-2H3;1-2H3;2H2,1H3. The van der Waals surface area contributed by atoms with Crippen LogP contribution in [0.1, 0.15) is 59.8 Å². The van der Waals surface area contributed by atoms with Crippen molar-refractivity contribution in [3.8, 4) is 0 Å². The highest BCUT2D eigenvalue weighted by molar-refractivity contribution is 4.95. The van der Waals surface area contributed by atoms with Crippen molar-refractivity contribution in [3.05, 3.63) is 11.6 Å². The first-order chi connectivity index (χ1) is 7.79. The largest absolute Gasteiger partial charge is 0.333 e. The zero-order valence-electron chi connectivity index (χ0n) is 12.0. The highest BCUT2D eigenvalue weighted by Crippen LogP contribution is 2.16. The molecule has 0 unspecified atom stereocenters. The summed E-state index contributed by atoms with van der Waals surface area (Å²) in [6, 6.07) is 0.800. The van der Waals surface area contributed by atoms with E-state index in [9.17, 15) is 0 Å². The van der Waals surface area contributed by atoms with Gasteiger partial charge in [-0.3, -0.25) is 0 Å². The molecule has 0 aromatic carbocycles. The molecule has 0 radical (unpaired) electrons. The SMILES string of the molecule is CC.CC(C)=CCNC1CCCCC1.CN. The maximum absolute atomic E-state index is 4.50. The van der Waals surface area contributed by atoms with Crippen molar-refractivity contribution in [2.75, 3.05) is 13.6 Å². The van der Waals surface area contributed by atoms with Crippen molar-refractivity contribution >= 4 is 0 Å². The molecule has 1 saturated carbocycles. The lowest BCUT2D eigenvalue weighted by molar-refractivity contribution is 0.385. The summed E-state index contributed by atoms with van der Waals surface area (Å²) in [5.74, 6) is 0. The van der Waals surface area contributed by atoms with Crippen LogP contribution >= 0.6 is 0 Å². The van der Waals surface area contributed by atoms with Crippen molar-refractivity contribution in [2.24, 2.45) is 5.73 Å². The van der Waals surface area contributed by atoms with Crippen LogP contribution in [0.5, 0.6) is 0 Å². The minimum absolute atomic E-state index is 0.800. The Hall–Kier alpha value is -0.340. The summed E-state index contributed by atoms with van der Waals surface area (Å²) in [7, 11) is 1.50. The zero-order valence-corrected chi connectivity index (χ0v) is 12.0. The van der Waals surface area contributed by atoms with Crippen LogP contribution in [0.4, 0.5) is 0 Å². The fourth-order valence-corrected chi connectivity index (χ4v) is 1.74. The van der Waals surface area contributed by atoms with E-state index in [0.29, 0.717) is 0 Å². The van der Waals surface area contributed by atoms with Crippen molar-refractivity contribution in [2.45, 2.75) is 65.8 Å². The highest BCUT2D eigenvalue weighted by atomic mass is 14.9. The molecule has 98 valence electrons. The van der Waals surface area contributed by atoms with Crippen LogP contribution in [-0.4, -0.2) is 19.6 Å². The van der Waals surface area contributed by atoms with Crippen LogP contribution in [0.2, 0.25) is 0 Å². The summed E-state index contributed by atoms with van der Waals surface area (Å²) >= 11 is 0. The minimum Gasteiger partial charge on any atom is -0.333 e. The number of hydrogen-bond donors (Lipinski definition) is 2. The molecule has 1 aliphatic carbocycles. The Kier molecular flexibility index (Phi) is 16.5. The summed E-state index contributed by atoms with van der Waals surface area (Å²) < 4.78 is 0. The molecule has 0 heterocycles. The lowest BCUT2D eigenvalue weighted by Crippen LogP contribution is -2.31. The second-order valence-corrected chi connectivity index (χ2v) is 4.02. The molecule has 1 aliphatic rings. The third-order valence-electron chi connectivity index (χ3n) is 2.52. The van der Waals surface area contributed by atoms with E-state index in [1.54, 1.807) is 0 Å². The average molecular weight is 228 g/mol. The fourth-order valence-electron chi connectivity index (χ4n) is 1.74. The zero-order chi connectivity index (χ0) is 12.8. The third-order valence-corrected chi connectivity index (χ3v) is 2.52. The lowest BCUT2D eigenvalue weighted by atomic mass is 9.95. The quantitative estimate of drug-likeness (QED) is 0.726. The van der Waals surface area contributed by atoms with Crippen LogP contribution in [0.25, 0.3) is 0 Å². The second-order valence-electron chi connectivity index (χ2n) is 4.02. The number of allylic oxidation sites excluding steroid dienone is 1. The Morgan fingerprint density at radius 3 is 2.06 bits per heavy atom. The van der Waals surface area contributed by atoms with Gasteiger partial charge >= 0.3 is 0 Å². The monoisotopic (exact) mass is 228 g/mol. The Morgan fingerprint density at radius 1 is 1.12 bits per heavy atom. The number of nitrogens with two attached hydrogens (primary N) is 1. The molecule has 16 heavy (non-hydrogen) atoms. The van der Waals surface area contributed by atoms with Crippen molar-refractivity contribution in [1.29, 1.82) is 0 Å². The van der Waals surface area contributed by atoms with Gasteiger partial charge in [0.2, 0.25) is 0 Å². The van der Waals surface area contributed by atoms with E-state index in [4.69, 9.17) is 0 Å². The number of nitrogens with one attached hydrogen (secondary N) is 1. The summed E-state index contributed by atoms with van der Waals surface area (Å²) in [6.07, 6.45) is 9.33. The summed E-state index contributed by atoms with van der Waals surface area (Å²) in [5.41, 5.74) is 5.92. The van der Waals surface area contributed by atoms with Gasteiger partial charge in [0.25, 0.3) is 0 Å². The van der Waals surface area contributed by atoms with E-state index in [1.807, 2.05) is 13.8 Å². The van der Waals surface area contributed by atoms with Gasteiger partial charge in [0.1, 0.15) is 0 Å². The van der Waals surface area contributed by atoms with Gasteiger partial charge < -0.3 is 11.1 Å². The normalized spacial score (nSPS) is 15.1. The molecule has 3 N–H and O–H groups in total. The Balaban J connectivity index is 0. The van der Waals surface area contributed by atoms with Gasteiger partial charge in [-0.05, 0) is 33.7 Å². The first-order valence-corrected chi connectivity index (χ1v) is 6.73. The van der Waals surface area contributed by atoms with E-state index >= 15 is 0 Å². The summed E-state index contributed by atoms with van der Waals surface area (Å²) in [6.45, 7) is 9.37. The van der Waals surface area contributed by atoms with Crippen LogP contribution in [0.3, 0.4) is 0 Å². The molecule has 0 bridgehead atoms. The predicted molar refractivity (Wildman–Crippen MR) is 75.8 cm³/mol. The number of rotatable bonds is 3.